The molecule has 2 aromatic carbocycles. The van der Waals surface area contributed by atoms with Crippen LogP contribution < -0.4 is 10.3 Å². The first-order valence-corrected chi connectivity index (χ1v) is 10.8. The number of anilines is 1. The van der Waals surface area contributed by atoms with E-state index in [0.717, 1.165) is 10.0 Å². The fourth-order valence-corrected chi connectivity index (χ4v) is 4.39. The van der Waals surface area contributed by atoms with E-state index in [1.165, 1.54) is 10.5 Å². The number of nitrogens with zero attached hydrogens (tertiary/aromatic N) is 2. The van der Waals surface area contributed by atoms with E-state index < -0.39 is 11.9 Å². The first kappa shape index (κ1) is 19.8. The maximum atomic E-state index is 13.6. The van der Waals surface area contributed by atoms with Crippen LogP contribution in [-0.4, -0.2) is 11.1 Å². The van der Waals surface area contributed by atoms with Crippen molar-refractivity contribution in [1.29, 1.82) is 0 Å². The fourth-order valence-electron chi connectivity index (χ4n) is 4.03. The second-order valence-electron chi connectivity index (χ2n) is 8.01. The lowest BCUT2D eigenvalue weighted by Gasteiger charge is -2.22. The van der Waals surface area contributed by atoms with Crippen LogP contribution in [-0.2, 0) is 0 Å². The Balaban J connectivity index is 1.78. The Labute approximate surface area is 186 Å². The van der Waals surface area contributed by atoms with E-state index in [0.29, 0.717) is 34.0 Å². The minimum Gasteiger partial charge on any atom is -0.450 e. The van der Waals surface area contributed by atoms with Crippen molar-refractivity contribution >= 4 is 38.6 Å². The van der Waals surface area contributed by atoms with Crippen molar-refractivity contribution < 1.29 is 13.7 Å². The third kappa shape index (κ3) is 3.11. The maximum Gasteiger partial charge on any atom is 0.296 e. The Morgan fingerprint density at radius 2 is 1.81 bits per heavy atom. The molecule has 6 nitrogen and oxygen atoms in total. The number of aromatic nitrogens is 1. The molecule has 0 saturated heterocycles. The zero-order valence-electron chi connectivity index (χ0n) is 17.2. The average molecular weight is 479 g/mol. The number of fused-ring (bicyclic) bond motifs is 2. The second-order valence-corrected chi connectivity index (χ2v) is 8.92. The molecule has 0 bridgehead atoms. The van der Waals surface area contributed by atoms with Gasteiger partial charge in [-0.1, -0.05) is 59.2 Å². The molecule has 0 aliphatic carbocycles. The third-order valence-electron chi connectivity index (χ3n) is 5.61. The summed E-state index contributed by atoms with van der Waals surface area (Å²) in [6.07, 6.45) is 0. The third-order valence-corrected chi connectivity index (χ3v) is 6.11. The van der Waals surface area contributed by atoms with E-state index in [2.05, 4.69) is 34.9 Å². The molecule has 0 radical (unpaired) electrons. The Morgan fingerprint density at radius 3 is 2.45 bits per heavy atom. The Hall–Kier alpha value is -3.19. The molecule has 0 unspecified atom stereocenters. The largest absolute Gasteiger partial charge is 0.450 e. The number of aryl methyl sites for hydroxylation is 1. The van der Waals surface area contributed by atoms with Crippen LogP contribution in [0, 0.1) is 6.92 Å². The van der Waals surface area contributed by atoms with Crippen LogP contribution in [0.2, 0.25) is 0 Å². The van der Waals surface area contributed by atoms with Gasteiger partial charge in [-0.15, -0.1) is 0 Å². The van der Waals surface area contributed by atoms with Gasteiger partial charge in [-0.25, -0.2) is 0 Å². The number of rotatable bonds is 3. The van der Waals surface area contributed by atoms with Crippen LogP contribution in [0.4, 0.5) is 5.82 Å². The number of halogens is 1. The second kappa shape index (κ2) is 7.20. The van der Waals surface area contributed by atoms with Crippen molar-refractivity contribution in [3.63, 3.8) is 0 Å². The summed E-state index contributed by atoms with van der Waals surface area (Å²) >= 11 is 3.41. The monoisotopic (exact) mass is 478 g/mol. The summed E-state index contributed by atoms with van der Waals surface area (Å²) in [4.78, 5) is 28.5. The number of benzene rings is 2. The molecular formula is C24H19BrN2O4. The highest BCUT2D eigenvalue weighted by Crippen LogP contribution is 2.41. The summed E-state index contributed by atoms with van der Waals surface area (Å²) in [5.41, 5.74) is 2.43. The number of carbonyl (C=O) groups is 1. The fraction of sp³-hybridized carbons (Fsp3) is 0.208. The first-order valence-electron chi connectivity index (χ1n) is 9.98. The average Bonchev–Trinajstić information content (AvgIpc) is 3.30. The van der Waals surface area contributed by atoms with Gasteiger partial charge in [0, 0.05) is 10.5 Å². The van der Waals surface area contributed by atoms with Gasteiger partial charge in [0.15, 0.2) is 11.2 Å². The normalized spacial score (nSPS) is 15.8. The van der Waals surface area contributed by atoms with Crippen LogP contribution in [0.25, 0.3) is 11.0 Å². The lowest BCUT2D eigenvalue weighted by atomic mass is 9.95. The van der Waals surface area contributed by atoms with Gasteiger partial charge >= 0.3 is 0 Å². The molecule has 1 amide bonds. The molecule has 0 fully saturated rings. The molecule has 2 aromatic heterocycles. The highest BCUT2D eigenvalue weighted by atomic mass is 79.9. The van der Waals surface area contributed by atoms with Gasteiger partial charge in [0.05, 0.1) is 17.0 Å². The summed E-state index contributed by atoms with van der Waals surface area (Å²) in [5.74, 6) is 0.909. The molecule has 156 valence electrons. The standard InChI is InChI=1S/C24H19BrN2O4/c1-12(2)14-4-6-15(7-5-14)21-20-22(28)17-11-16(25)8-9-18(17)30-23(20)24(29)27(21)19-10-13(3)31-26-19/h4-12,21H,1-3H3/t21-/m0/s1. The van der Waals surface area contributed by atoms with E-state index in [9.17, 15) is 9.59 Å². The van der Waals surface area contributed by atoms with Gasteiger partial charge < -0.3 is 8.94 Å². The van der Waals surface area contributed by atoms with E-state index in [1.807, 2.05) is 24.3 Å². The van der Waals surface area contributed by atoms with Crippen LogP contribution in [0.1, 0.15) is 58.8 Å². The minimum atomic E-state index is -0.659. The molecule has 0 spiro atoms. The van der Waals surface area contributed by atoms with Gasteiger partial charge in [0.25, 0.3) is 5.91 Å². The predicted octanol–water partition coefficient (Wildman–Crippen LogP) is 5.73. The van der Waals surface area contributed by atoms with Crippen molar-refractivity contribution in [3.05, 3.63) is 91.4 Å². The number of hydrogen-bond donors (Lipinski definition) is 0. The van der Waals surface area contributed by atoms with Crippen LogP contribution >= 0.6 is 15.9 Å². The summed E-state index contributed by atoms with van der Waals surface area (Å²) in [5, 5.41) is 4.46. The Bertz CT molecular complexity index is 1390. The van der Waals surface area contributed by atoms with Crippen molar-refractivity contribution in [2.45, 2.75) is 32.7 Å². The quantitative estimate of drug-likeness (QED) is 0.376. The lowest BCUT2D eigenvalue weighted by molar-refractivity contribution is 0.0969. The maximum absolute atomic E-state index is 13.6. The molecule has 1 aliphatic heterocycles. The van der Waals surface area contributed by atoms with Crippen LogP contribution in [0.3, 0.4) is 0 Å². The summed E-state index contributed by atoms with van der Waals surface area (Å²) in [6, 6.07) is 14.1. The molecule has 3 heterocycles. The molecule has 1 atom stereocenters. The molecule has 0 saturated carbocycles. The molecule has 0 N–H and O–H groups in total. The van der Waals surface area contributed by atoms with E-state index in [1.54, 1.807) is 31.2 Å². The van der Waals surface area contributed by atoms with Crippen molar-refractivity contribution in [2.75, 3.05) is 4.90 Å². The van der Waals surface area contributed by atoms with Gasteiger partial charge in [-0.05, 0) is 42.2 Å². The topological polar surface area (TPSA) is 76.6 Å². The Kier molecular flexibility index (Phi) is 4.59. The van der Waals surface area contributed by atoms with Gasteiger partial charge in [-0.2, -0.15) is 0 Å². The van der Waals surface area contributed by atoms with Crippen molar-refractivity contribution in [3.8, 4) is 0 Å². The van der Waals surface area contributed by atoms with Crippen molar-refractivity contribution in [2.24, 2.45) is 0 Å². The molecule has 4 aromatic rings. The molecule has 1 aliphatic rings. The summed E-state index contributed by atoms with van der Waals surface area (Å²) in [6.45, 7) is 5.99. The van der Waals surface area contributed by atoms with E-state index >= 15 is 0 Å². The lowest BCUT2D eigenvalue weighted by Crippen LogP contribution is -2.29. The SMILES string of the molecule is Cc1cc(N2C(=O)c3oc4ccc(Br)cc4c(=O)c3[C@@H]2c2ccc(C(C)C)cc2)no1. The Morgan fingerprint density at radius 1 is 1.06 bits per heavy atom. The highest BCUT2D eigenvalue weighted by Gasteiger charge is 2.44. The van der Waals surface area contributed by atoms with Gasteiger partial charge in [0.1, 0.15) is 11.3 Å². The van der Waals surface area contributed by atoms with E-state index in [4.69, 9.17) is 8.94 Å². The summed E-state index contributed by atoms with van der Waals surface area (Å²) in [7, 11) is 0. The molecule has 7 heteroatoms. The smallest absolute Gasteiger partial charge is 0.296 e. The molecule has 31 heavy (non-hydrogen) atoms. The number of carbonyl (C=O) groups excluding carboxylic acids is 1. The highest BCUT2D eigenvalue weighted by molar-refractivity contribution is 9.10. The zero-order chi connectivity index (χ0) is 21.9. The predicted molar refractivity (Wildman–Crippen MR) is 121 cm³/mol. The van der Waals surface area contributed by atoms with Crippen LogP contribution in [0.5, 0.6) is 0 Å². The van der Waals surface area contributed by atoms with Gasteiger partial charge in [0.2, 0.25) is 5.76 Å². The number of amides is 1. The minimum absolute atomic E-state index is 0.0402. The van der Waals surface area contributed by atoms with Crippen molar-refractivity contribution in [1.82, 2.24) is 5.16 Å². The van der Waals surface area contributed by atoms with Crippen LogP contribution in [0.15, 0.2) is 66.7 Å². The first-order chi connectivity index (χ1) is 14.8. The zero-order valence-corrected chi connectivity index (χ0v) is 18.8. The molecular weight excluding hydrogens is 460 g/mol. The number of hydrogen-bond acceptors (Lipinski definition) is 5. The van der Waals surface area contributed by atoms with Gasteiger partial charge in [-0.3, -0.25) is 14.5 Å². The van der Waals surface area contributed by atoms with E-state index in [-0.39, 0.29) is 11.2 Å². The molecule has 5 rings (SSSR count). The summed E-state index contributed by atoms with van der Waals surface area (Å²) < 4.78 is 11.9.